The highest BCUT2D eigenvalue weighted by Gasteiger charge is 2.02. The average molecular weight is 151 g/mol. The zero-order valence-corrected chi connectivity index (χ0v) is 6.48. The molecule has 1 aromatic rings. The van der Waals surface area contributed by atoms with Crippen LogP contribution in [0.1, 0.15) is 12.5 Å². The van der Waals surface area contributed by atoms with Crippen LogP contribution in [0.5, 0.6) is 0 Å². The van der Waals surface area contributed by atoms with Crippen molar-refractivity contribution in [1.82, 2.24) is 9.55 Å². The van der Waals surface area contributed by atoms with Gasteiger partial charge in [-0.25, -0.2) is 4.98 Å². The zero-order chi connectivity index (χ0) is 8.10. The quantitative estimate of drug-likeness (QED) is 0.651. The molecule has 1 heterocycles. The third-order valence-corrected chi connectivity index (χ3v) is 1.64. The monoisotopic (exact) mass is 151 g/mol. The summed E-state index contributed by atoms with van der Waals surface area (Å²) < 4.78 is 2.00. The Balaban J connectivity index is 2.63. The summed E-state index contributed by atoms with van der Waals surface area (Å²) in [6, 6.07) is 0.294. The van der Waals surface area contributed by atoms with Crippen LogP contribution in [0.2, 0.25) is 0 Å². The minimum Gasteiger partial charge on any atom is -0.331 e. The highest BCUT2D eigenvalue weighted by atomic mass is 15.0. The number of hydrogen-bond acceptors (Lipinski definition) is 2. The van der Waals surface area contributed by atoms with Crippen molar-refractivity contribution in [2.45, 2.75) is 12.5 Å². The zero-order valence-electron chi connectivity index (χ0n) is 6.48. The topological polar surface area (TPSA) is 43.8 Å². The van der Waals surface area contributed by atoms with Gasteiger partial charge in [0.1, 0.15) is 0 Å². The van der Waals surface area contributed by atoms with Gasteiger partial charge >= 0.3 is 0 Å². The Morgan fingerprint density at radius 3 is 3.00 bits per heavy atom. The Kier molecular flexibility index (Phi) is 2.86. The van der Waals surface area contributed by atoms with E-state index in [-0.39, 0.29) is 0 Å². The minimum atomic E-state index is 0.294. The Morgan fingerprint density at radius 2 is 2.55 bits per heavy atom. The summed E-state index contributed by atoms with van der Waals surface area (Å²) in [7, 11) is 0. The predicted octanol–water partition coefficient (Wildman–Crippen LogP) is 0.959. The molecule has 0 amide bonds. The molecule has 1 aromatic heterocycles. The molecule has 0 radical (unpaired) electrons. The number of rotatable bonds is 4. The van der Waals surface area contributed by atoms with E-state index in [4.69, 9.17) is 5.73 Å². The molecule has 0 fully saturated rings. The molecule has 2 N–H and O–H groups in total. The number of nitrogens with two attached hydrogens (primary N) is 1. The summed E-state index contributed by atoms with van der Waals surface area (Å²) in [5.41, 5.74) is 5.43. The fourth-order valence-corrected chi connectivity index (χ4v) is 1.03. The molecule has 0 aliphatic carbocycles. The fraction of sp³-hybridized carbons (Fsp3) is 0.375. The molecule has 3 heteroatoms. The van der Waals surface area contributed by atoms with Crippen molar-refractivity contribution in [1.29, 1.82) is 0 Å². The second-order valence-corrected chi connectivity index (χ2v) is 2.39. The smallest absolute Gasteiger partial charge is 0.0951 e. The summed E-state index contributed by atoms with van der Waals surface area (Å²) in [4.78, 5) is 3.95. The van der Waals surface area contributed by atoms with E-state index >= 15 is 0 Å². The van der Waals surface area contributed by atoms with Crippen molar-refractivity contribution in [3.05, 3.63) is 31.4 Å². The molecule has 1 rings (SSSR count). The van der Waals surface area contributed by atoms with Crippen LogP contribution in [0, 0.1) is 0 Å². The number of aromatic nitrogens is 2. The van der Waals surface area contributed by atoms with Gasteiger partial charge in [-0.2, -0.15) is 0 Å². The van der Waals surface area contributed by atoms with Crippen LogP contribution in [-0.2, 0) is 0 Å². The summed E-state index contributed by atoms with van der Waals surface area (Å²) in [5.74, 6) is 0. The standard InChI is InChI=1S/C8H13N3/c1-2-8(3-4-9)11-6-5-10-7-11/h2,5-8H,1,3-4,9H2. The van der Waals surface area contributed by atoms with Crippen molar-refractivity contribution < 1.29 is 0 Å². The Hall–Kier alpha value is -1.09. The third-order valence-electron chi connectivity index (χ3n) is 1.64. The summed E-state index contributed by atoms with van der Waals surface area (Å²) in [5, 5.41) is 0. The van der Waals surface area contributed by atoms with E-state index in [1.165, 1.54) is 0 Å². The van der Waals surface area contributed by atoms with E-state index in [0.29, 0.717) is 12.6 Å². The van der Waals surface area contributed by atoms with Crippen molar-refractivity contribution in [3.63, 3.8) is 0 Å². The van der Waals surface area contributed by atoms with Crippen LogP contribution in [-0.4, -0.2) is 16.1 Å². The maximum absolute atomic E-state index is 5.43. The predicted molar refractivity (Wildman–Crippen MR) is 45.1 cm³/mol. The molecule has 0 spiro atoms. The first-order valence-corrected chi connectivity index (χ1v) is 3.68. The maximum atomic E-state index is 5.43. The van der Waals surface area contributed by atoms with Gasteiger partial charge in [0, 0.05) is 12.4 Å². The van der Waals surface area contributed by atoms with E-state index in [0.717, 1.165) is 6.42 Å². The normalized spacial score (nSPS) is 12.8. The SMILES string of the molecule is C=CC(CCN)n1ccnc1. The van der Waals surface area contributed by atoms with Gasteiger partial charge in [0.2, 0.25) is 0 Å². The molecule has 1 atom stereocenters. The van der Waals surface area contributed by atoms with E-state index in [1.807, 2.05) is 16.8 Å². The number of nitrogens with zero attached hydrogens (tertiary/aromatic N) is 2. The van der Waals surface area contributed by atoms with Crippen LogP contribution in [0.25, 0.3) is 0 Å². The second-order valence-electron chi connectivity index (χ2n) is 2.39. The van der Waals surface area contributed by atoms with Gasteiger partial charge in [0.25, 0.3) is 0 Å². The Labute approximate surface area is 66.5 Å². The first-order chi connectivity index (χ1) is 5.38. The molecule has 60 valence electrons. The number of imidazole rings is 1. The second kappa shape index (κ2) is 3.93. The minimum absolute atomic E-state index is 0.294. The summed E-state index contributed by atoms with van der Waals surface area (Å²) >= 11 is 0. The molecular weight excluding hydrogens is 138 g/mol. The molecule has 0 aliphatic heterocycles. The lowest BCUT2D eigenvalue weighted by Crippen LogP contribution is -2.10. The van der Waals surface area contributed by atoms with E-state index in [2.05, 4.69) is 11.6 Å². The van der Waals surface area contributed by atoms with Crippen molar-refractivity contribution >= 4 is 0 Å². The van der Waals surface area contributed by atoms with Gasteiger partial charge in [-0.05, 0) is 13.0 Å². The van der Waals surface area contributed by atoms with Crippen LogP contribution >= 0.6 is 0 Å². The van der Waals surface area contributed by atoms with Crippen molar-refractivity contribution in [3.8, 4) is 0 Å². The molecule has 0 saturated heterocycles. The lowest BCUT2D eigenvalue weighted by Gasteiger charge is -2.11. The van der Waals surface area contributed by atoms with Crippen molar-refractivity contribution in [2.24, 2.45) is 5.73 Å². The largest absolute Gasteiger partial charge is 0.331 e. The van der Waals surface area contributed by atoms with E-state index in [9.17, 15) is 0 Å². The van der Waals surface area contributed by atoms with Gasteiger partial charge in [-0.15, -0.1) is 6.58 Å². The van der Waals surface area contributed by atoms with Gasteiger partial charge in [0.15, 0.2) is 0 Å². The molecule has 0 aromatic carbocycles. The average Bonchev–Trinajstić information content (AvgIpc) is 2.52. The molecule has 0 aliphatic rings. The third kappa shape index (κ3) is 1.91. The Morgan fingerprint density at radius 1 is 1.73 bits per heavy atom. The van der Waals surface area contributed by atoms with Gasteiger partial charge in [-0.1, -0.05) is 6.08 Å². The van der Waals surface area contributed by atoms with E-state index < -0.39 is 0 Å². The van der Waals surface area contributed by atoms with Crippen LogP contribution in [0.4, 0.5) is 0 Å². The van der Waals surface area contributed by atoms with Gasteiger partial charge in [0.05, 0.1) is 12.4 Å². The number of allylic oxidation sites excluding steroid dienone is 1. The molecule has 0 bridgehead atoms. The molecule has 1 unspecified atom stereocenters. The summed E-state index contributed by atoms with van der Waals surface area (Å²) in [6.07, 6.45) is 8.26. The summed E-state index contributed by atoms with van der Waals surface area (Å²) in [6.45, 7) is 4.41. The fourth-order valence-electron chi connectivity index (χ4n) is 1.03. The molecule has 0 saturated carbocycles. The first kappa shape index (κ1) is 8.01. The van der Waals surface area contributed by atoms with Crippen LogP contribution in [0.15, 0.2) is 31.4 Å². The lowest BCUT2D eigenvalue weighted by atomic mass is 10.2. The first-order valence-electron chi connectivity index (χ1n) is 3.68. The maximum Gasteiger partial charge on any atom is 0.0951 e. The lowest BCUT2D eigenvalue weighted by molar-refractivity contribution is 0.565. The van der Waals surface area contributed by atoms with Crippen LogP contribution in [0.3, 0.4) is 0 Å². The van der Waals surface area contributed by atoms with Gasteiger partial charge < -0.3 is 10.3 Å². The Bertz CT molecular complexity index is 203. The highest BCUT2D eigenvalue weighted by molar-refractivity contribution is 4.89. The highest BCUT2D eigenvalue weighted by Crippen LogP contribution is 2.09. The van der Waals surface area contributed by atoms with Gasteiger partial charge in [-0.3, -0.25) is 0 Å². The van der Waals surface area contributed by atoms with Crippen molar-refractivity contribution in [2.75, 3.05) is 6.54 Å². The van der Waals surface area contributed by atoms with Crippen LogP contribution < -0.4 is 5.73 Å². The molecule has 11 heavy (non-hydrogen) atoms. The molecular formula is C8H13N3. The number of hydrogen-bond donors (Lipinski definition) is 1. The van der Waals surface area contributed by atoms with E-state index in [1.54, 1.807) is 12.5 Å². The molecule has 3 nitrogen and oxygen atoms in total.